The molecule has 0 aliphatic heterocycles. The summed E-state index contributed by atoms with van der Waals surface area (Å²) in [7, 11) is 0. The summed E-state index contributed by atoms with van der Waals surface area (Å²) in [6, 6.07) is 0.491. The number of rotatable bonds is 7. The molecule has 0 aromatic carbocycles. The van der Waals surface area contributed by atoms with Crippen LogP contribution in [0.25, 0.3) is 0 Å². The molecule has 128 valence electrons. The van der Waals surface area contributed by atoms with Crippen molar-refractivity contribution in [2.45, 2.75) is 71.3 Å². The van der Waals surface area contributed by atoms with Crippen molar-refractivity contribution in [1.29, 1.82) is 0 Å². The van der Waals surface area contributed by atoms with Gasteiger partial charge < -0.3 is 10.2 Å². The first-order chi connectivity index (χ1) is 11.2. The predicted molar refractivity (Wildman–Crippen MR) is 93.6 cm³/mol. The Labute approximate surface area is 139 Å². The molecule has 5 heteroatoms. The maximum atomic E-state index is 12.5. The van der Waals surface area contributed by atoms with Crippen LogP contribution in [0.1, 0.15) is 75.7 Å². The van der Waals surface area contributed by atoms with Crippen LogP contribution in [0, 0.1) is 0 Å². The average Bonchev–Trinajstić information content (AvgIpc) is 2.83. The summed E-state index contributed by atoms with van der Waals surface area (Å²) in [4.78, 5) is 23.1. The topological polar surface area (TPSA) is 58.1 Å². The van der Waals surface area contributed by atoms with Crippen LogP contribution in [0.3, 0.4) is 0 Å². The first kappa shape index (κ1) is 17.7. The number of anilines is 1. The second-order valence-electron chi connectivity index (χ2n) is 6.41. The number of nitrogens with zero attached hydrogens (tertiary/aromatic N) is 3. The SMILES string of the molecule is CCCN(CCC)C(=O)c1cnc(NC2CCCCCC2)cn1. The molecule has 1 aliphatic rings. The van der Waals surface area contributed by atoms with E-state index in [2.05, 4.69) is 29.1 Å². The number of carbonyl (C=O) groups is 1. The molecular formula is C18H30N4O. The highest BCUT2D eigenvalue weighted by atomic mass is 16.2. The van der Waals surface area contributed by atoms with Gasteiger partial charge in [0.15, 0.2) is 0 Å². The molecule has 0 unspecified atom stereocenters. The summed E-state index contributed by atoms with van der Waals surface area (Å²) >= 11 is 0. The van der Waals surface area contributed by atoms with Crippen molar-refractivity contribution >= 4 is 11.7 Å². The van der Waals surface area contributed by atoms with Gasteiger partial charge in [0.05, 0.1) is 12.4 Å². The van der Waals surface area contributed by atoms with Crippen molar-refractivity contribution in [1.82, 2.24) is 14.9 Å². The Morgan fingerprint density at radius 2 is 1.74 bits per heavy atom. The minimum atomic E-state index is -0.0118. The predicted octanol–water partition coefficient (Wildman–Crippen LogP) is 3.87. The molecule has 0 atom stereocenters. The van der Waals surface area contributed by atoms with E-state index in [4.69, 9.17) is 0 Å². The van der Waals surface area contributed by atoms with Gasteiger partial charge in [-0.2, -0.15) is 0 Å². The molecule has 1 aliphatic carbocycles. The van der Waals surface area contributed by atoms with E-state index in [1.165, 1.54) is 38.5 Å². The van der Waals surface area contributed by atoms with Gasteiger partial charge in [-0.1, -0.05) is 39.5 Å². The summed E-state index contributed by atoms with van der Waals surface area (Å²) in [6.07, 6.45) is 12.9. The molecule has 0 saturated heterocycles. The van der Waals surface area contributed by atoms with Crippen LogP contribution >= 0.6 is 0 Å². The smallest absolute Gasteiger partial charge is 0.274 e. The molecule has 1 aromatic heterocycles. The van der Waals surface area contributed by atoms with Crippen LogP contribution in [0.2, 0.25) is 0 Å². The Kier molecular flexibility index (Phi) is 7.30. The Balaban J connectivity index is 1.96. The number of amides is 1. The van der Waals surface area contributed by atoms with E-state index >= 15 is 0 Å². The zero-order chi connectivity index (χ0) is 16.5. The molecule has 1 N–H and O–H groups in total. The van der Waals surface area contributed by atoms with E-state index in [1.807, 2.05) is 4.90 Å². The van der Waals surface area contributed by atoms with E-state index in [0.717, 1.165) is 31.7 Å². The van der Waals surface area contributed by atoms with E-state index in [-0.39, 0.29) is 5.91 Å². The molecule has 23 heavy (non-hydrogen) atoms. The van der Waals surface area contributed by atoms with Crippen LogP contribution in [-0.4, -0.2) is 39.9 Å². The van der Waals surface area contributed by atoms with Crippen LogP contribution < -0.4 is 5.32 Å². The van der Waals surface area contributed by atoms with Crippen LogP contribution in [0.15, 0.2) is 12.4 Å². The first-order valence-electron chi connectivity index (χ1n) is 9.12. The quantitative estimate of drug-likeness (QED) is 0.775. The Morgan fingerprint density at radius 3 is 2.26 bits per heavy atom. The van der Waals surface area contributed by atoms with Crippen LogP contribution in [0.5, 0.6) is 0 Å². The van der Waals surface area contributed by atoms with Crippen molar-refractivity contribution in [3.63, 3.8) is 0 Å². The lowest BCUT2D eigenvalue weighted by atomic mass is 10.1. The second-order valence-corrected chi connectivity index (χ2v) is 6.41. The highest BCUT2D eigenvalue weighted by Gasteiger charge is 2.17. The van der Waals surface area contributed by atoms with Crippen LogP contribution in [-0.2, 0) is 0 Å². The minimum absolute atomic E-state index is 0.0118. The third-order valence-corrected chi connectivity index (χ3v) is 4.35. The Morgan fingerprint density at radius 1 is 1.09 bits per heavy atom. The first-order valence-corrected chi connectivity index (χ1v) is 9.12. The van der Waals surface area contributed by atoms with Gasteiger partial charge in [-0.15, -0.1) is 0 Å². The molecule has 1 aromatic rings. The van der Waals surface area contributed by atoms with E-state index < -0.39 is 0 Å². The standard InChI is InChI=1S/C18H30N4O/c1-3-11-22(12-4-2)18(23)16-13-20-17(14-19-16)21-15-9-7-5-6-8-10-15/h13-15H,3-12H2,1-2H3,(H,20,21). The van der Waals surface area contributed by atoms with Gasteiger partial charge in [0.25, 0.3) is 5.91 Å². The Bertz CT molecular complexity index is 460. The summed E-state index contributed by atoms with van der Waals surface area (Å²) < 4.78 is 0. The fourth-order valence-corrected chi connectivity index (χ4v) is 3.16. The van der Waals surface area contributed by atoms with Gasteiger partial charge in [0, 0.05) is 19.1 Å². The molecular weight excluding hydrogens is 288 g/mol. The van der Waals surface area contributed by atoms with Gasteiger partial charge in [-0.05, 0) is 25.7 Å². The largest absolute Gasteiger partial charge is 0.366 e. The number of carbonyl (C=O) groups excluding carboxylic acids is 1. The molecule has 0 spiro atoms. The van der Waals surface area contributed by atoms with E-state index in [0.29, 0.717) is 11.7 Å². The number of aromatic nitrogens is 2. The summed E-state index contributed by atoms with van der Waals surface area (Å²) in [5, 5.41) is 3.47. The third kappa shape index (κ3) is 5.48. The van der Waals surface area contributed by atoms with Crippen molar-refractivity contribution in [3.8, 4) is 0 Å². The molecule has 5 nitrogen and oxygen atoms in total. The maximum Gasteiger partial charge on any atom is 0.274 e. The van der Waals surface area contributed by atoms with E-state index in [9.17, 15) is 4.79 Å². The normalized spacial score (nSPS) is 15.9. The summed E-state index contributed by atoms with van der Waals surface area (Å²) in [5.41, 5.74) is 0.443. The number of nitrogens with one attached hydrogen (secondary N) is 1. The molecule has 0 radical (unpaired) electrons. The van der Waals surface area contributed by atoms with Gasteiger partial charge in [-0.25, -0.2) is 9.97 Å². The lowest BCUT2D eigenvalue weighted by Gasteiger charge is -2.21. The zero-order valence-electron chi connectivity index (χ0n) is 14.6. The highest BCUT2D eigenvalue weighted by molar-refractivity contribution is 5.92. The molecule has 2 rings (SSSR count). The van der Waals surface area contributed by atoms with Crippen LogP contribution in [0.4, 0.5) is 5.82 Å². The van der Waals surface area contributed by atoms with Gasteiger partial charge in [0.1, 0.15) is 11.5 Å². The second kappa shape index (κ2) is 9.48. The monoisotopic (exact) mass is 318 g/mol. The van der Waals surface area contributed by atoms with E-state index in [1.54, 1.807) is 12.4 Å². The summed E-state index contributed by atoms with van der Waals surface area (Å²) in [6.45, 7) is 5.72. The summed E-state index contributed by atoms with van der Waals surface area (Å²) in [5.74, 6) is 0.771. The average molecular weight is 318 g/mol. The minimum Gasteiger partial charge on any atom is -0.366 e. The highest BCUT2D eigenvalue weighted by Crippen LogP contribution is 2.20. The zero-order valence-corrected chi connectivity index (χ0v) is 14.6. The fourth-order valence-electron chi connectivity index (χ4n) is 3.16. The van der Waals surface area contributed by atoms with Crippen molar-refractivity contribution < 1.29 is 4.79 Å². The number of hydrogen-bond donors (Lipinski definition) is 1. The van der Waals surface area contributed by atoms with Gasteiger partial charge in [-0.3, -0.25) is 4.79 Å². The third-order valence-electron chi connectivity index (χ3n) is 4.35. The molecule has 1 heterocycles. The lowest BCUT2D eigenvalue weighted by Crippen LogP contribution is -2.33. The van der Waals surface area contributed by atoms with Crippen molar-refractivity contribution in [2.75, 3.05) is 18.4 Å². The molecule has 1 fully saturated rings. The Hall–Kier alpha value is -1.65. The van der Waals surface area contributed by atoms with Gasteiger partial charge >= 0.3 is 0 Å². The maximum absolute atomic E-state index is 12.5. The van der Waals surface area contributed by atoms with Gasteiger partial charge in [0.2, 0.25) is 0 Å². The molecule has 1 amide bonds. The van der Waals surface area contributed by atoms with Crippen molar-refractivity contribution in [3.05, 3.63) is 18.1 Å². The molecule has 0 bridgehead atoms. The fraction of sp³-hybridized carbons (Fsp3) is 0.722. The lowest BCUT2D eigenvalue weighted by molar-refractivity contribution is 0.0749. The number of hydrogen-bond acceptors (Lipinski definition) is 4. The molecule has 1 saturated carbocycles. The van der Waals surface area contributed by atoms with Crippen molar-refractivity contribution in [2.24, 2.45) is 0 Å².